The summed E-state index contributed by atoms with van der Waals surface area (Å²) in [5.74, 6) is 0.520. The van der Waals surface area contributed by atoms with Gasteiger partial charge in [0.2, 0.25) is 0 Å². The zero-order valence-electron chi connectivity index (χ0n) is 10.1. The average molecular weight is 221 g/mol. The summed E-state index contributed by atoms with van der Waals surface area (Å²) in [6.07, 6.45) is 1.87. The molecule has 3 rings (SSSR count). The Morgan fingerprint density at radius 1 is 0.941 bits per heavy atom. The highest BCUT2D eigenvalue weighted by Gasteiger charge is 2.09. The lowest BCUT2D eigenvalue weighted by atomic mass is 9.94. The maximum Gasteiger partial charge on any atom is 0.0783 e. The van der Waals surface area contributed by atoms with Crippen molar-refractivity contribution in [2.75, 3.05) is 0 Å². The molecule has 84 valence electrons. The number of nitrogens with zero attached hydrogens (tertiary/aromatic N) is 1. The molecular weight excluding hydrogens is 206 g/mol. The molecule has 1 heteroatoms. The molecule has 2 aromatic carbocycles. The molecule has 0 atom stereocenters. The summed E-state index contributed by atoms with van der Waals surface area (Å²) in [6, 6.07) is 15.0. The minimum Gasteiger partial charge on any atom is -0.256 e. The number of hydrogen-bond acceptors (Lipinski definition) is 1. The first kappa shape index (κ1) is 10.3. The Kier molecular flexibility index (Phi) is 2.32. The third-order valence-electron chi connectivity index (χ3n) is 3.27. The van der Waals surface area contributed by atoms with Crippen LogP contribution in [0.25, 0.3) is 21.7 Å². The monoisotopic (exact) mass is 221 g/mol. The predicted molar refractivity (Wildman–Crippen MR) is 73.3 cm³/mol. The van der Waals surface area contributed by atoms with Crippen LogP contribution in [0.1, 0.15) is 25.3 Å². The lowest BCUT2D eigenvalue weighted by Crippen LogP contribution is -1.92. The van der Waals surface area contributed by atoms with Gasteiger partial charge in [0.05, 0.1) is 5.52 Å². The molecule has 0 N–H and O–H groups in total. The molecule has 0 aliphatic rings. The molecule has 0 bridgehead atoms. The van der Waals surface area contributed by atoms with E-state index < -0.39 is 0 Å². The van der Waals surface area contributed by atoms with Crippen LogP contribution in [0.2, 0.25) is 0 Å². The van der Waals surface area contributed by atoms with Gasteiger partial charge in [-0.25, -0.2) is 0 Å². The van der Waals surface area contributed by atoms with Crippen LogP contribution < -0.4 is 0 Å². The second-order valence-corrected chi connectivity index (χ2v) is 4.74. The standard InChI is InChI=1S/C16H15N/c1-11(2)15-10-12-6-3-4-7-13(12)16-14(15)8-5-9-17-16/h3-11H,1-2H3. The van der Waals surface area contributed by atoms with Crippen molar-refractivity contribution in [3.63, 3.8) is 0 Å². The lowest BCUT2D eigenvalue weighted by Gasteiger charge is -2.12. The van der Waals surface area contributed by atoms with Crippen LogP contribution >= 0.6 is 0 Å². The van der Waals surface area contributed by atoms with E-state index in [0.717, 1.165) is 5.52 Å². The Hall–Kier alpha value is -1.89. The van der Waals surface area contributed by atoms with Gasteiger partial charge >= 0.3 is 0 Å². The van der Waals surface area contributed by atoms with Crippen molar-refractivity contribution in [3.05, 3.63) is 54.2 Å². The molecule has 0 fully saturated rings. The fourth-order valence-corrected chi connectivity index (χ4v) is 2.41. The van der Waals surface area contributed by atoms with Crippen molar-refractivity contribution in [3.8, 4) is 0 Å². The maximum absolute atomic E-state index is 4.55. The third kappa shape index (κ3) is 1.59. The van der Waals surface area contributed by atoms with Gasteiger partial charge in [-0.2, -0.15) is 0 Å². The second-order valence-electron chi connectivity index (χ2n) is 4.74. The lowest BCUT2D eigenvalue weighted by molar-refractivity contribution is 0.877. The van der Waals surface area contributed by atoms with Crippen molar-refractivity contribution in [1.29, 1.82) is 0 Å². The van der Waals surface area contributed by atoms with Gasteiger partial charge in [-0.15, -0.1) is 0 Å². The summed E-state index contributed by atoms with van der Waals surface area (Å²) >= 11 is 0. The van der Waals surface area contributed by atoms with Gasteiger partial charge < -0.3 is 0 Å². The third-order valence-corrected chi connectivity index (χ3v) is 3.27. The normalized spacial score (nSPS) is 11.5. The molecule has 0 aliphatic heterocycles. The van der Waals surface area contributed by atoms with Gasteiger partial charge in [0.25, 0.3) is 0 Å². The van der Waals surface area contributed by atoms with Crippen molar-refractivity contribution in [1.82, 2.24) is 4.98 Å². The highest BCUT2D eigenvalue weighted by Crippen LogP contribution is 2.30. The topological polar surface area (TPSA) is 12.9 Å². The fourth-order valence-electron chi connectivity index (χ4n) is 2.41. The number of aromatic nitrogens is 1. The van der Waals surface area contributed by atoms with E-state index in [1.165, 1.54) is 21.7 Å². The highest BCUT2D eigenvalue weighted by atomic mass is 14.6. The number of rotatable bonds is 1. The number of hydrogen-bond donors (Lipinski definition) is 0. The molecule has 0 spiro atoms. The predicted octanol–water partition coefficient (Wildman–Crippen LogP) is 4.51. The molecule has 1 aromatic heterocycles. The Labute approximate surface area is 101 Å². The van der Waals surface area contributed by atoms with Gasteiger partial charge in [0, 0.05) is 17.0 Å². The van der Waals surface area contributed by atoms with Gasteiger partial charge in [-0.05, 0) is 22.9 Å². The maximum atomic E-state index is 4.55. The Morgan fingerprint density at radius 2 is 1.71 bits per heavy atom. The summed E-state index contributed by atoms with van der Waals surface area (Å²) in [7, 11) is 0. The average Bonchev–Trinajstić information content (AvgIpc) is 2.37. The molecule has 0 saturated carbocycles. The smallest absolute Gasteiger partial charge is 0.0783 e. The highest BCUT2D eigenvalue weighted by molar-refractivity contribution is 6.06. The molecule has 0 aliphatic carbocycles. The number of pyridine rings is 1. The summed E-state index contributed by atoms with van der Waals surface area (Å²) in [5.41, 5.74) is 2.50. The Bertz CT molecular complexity index is 683. The van der Waals surface area contributed by atoms with Gasteiger partial charge in [-0.1, -0.05) is 50.2 Å². The zero-order valence-corrected chi connectivity index (χ0v) is 10.1. The van der Waals surface area contributed by atoms with Gasteiger partial charge in [0.15, 0.2) is 0 Å². The van der Waals surface area contributed by atoms with Crippen LogP contribution in [0, 0.1) is 0 Å². The Morgan fingerprint density at radius 3 is 2.53 bits per heavy atom. The molecule has 3 aromatic rings. The van der Waals surface area contributed by atoms with Crippen molar-refractivity contribution >= 4 is 21.7 Å². The SMILES string of the molecule is CC(C)c1cc2ccccc2c2ncccc12. The van der Waals surface area contributed by atoms with Crippen LogP contribution in [0.3, 0.4) is 0 Å². The minimum absolute atomic E-state index is 0.520. The molecule has 0 amide bonds. The van der Waals surface area contributed by atoms with E-state index in [2.05, 4.69) is 55.2 Å². The van der Waals surface area contributed by atoms with Gasteiger partial charge in [0.1, 0.15) is 0 Å². The molecule has 0 unspecified atom stereocenters. The van der Waals surface area contributed by atoms with E-state index in [9.17, 15) is 0 Å². The van der Waals surface area contributed by atoms with Gasteiger partial charge in [-0.3, -0.25) is 4.98 Å². The summed E-state index contributed by atoms with van der Waals surface area (Å²) < 4.78 is 0. The van der Waals surface area contributed by atoms with E-state index >= 15 is 0 Å². The number of fused-ring (bicyclic) bond motifs is 3. The quantitative estimate of drug-likeness (QED) is 0.551. The van der Waals surface area contributed by atoms with E-state index in [0.29, 0.717) is 5.92 Å². The van der Waals surface area contributed by atoms with Crippen LogP contribution in [-0.4, -0.2) is 4.98 Å². The van der Waals surface area contributed by atoms with Crippen molar-refractivity contribution in [2.24, 2.45) is 0 Å². The summed E-state index contributed by atoms with van der Waals surface area (Å²) in [4.78, 5) is 4.55. The molecule has 1 heterocycles. The number of benzene rings is 2. The molecule has 1 nitrogen and oxygen atoms in total. The van der Waals surface area contributed by atoms with E-state index in [1.807, 2.05) is 12.3 Å². The van der Waals surface area contributed by atoms with E-state index in [1.54, 1.807) is 0 Å². The zero-order chi connectivity index (χ0) is 11.8. The second kappa shape index (κ2) is 3.85. The molecule has 0 radical (unpaired) electrons. The van der Waals surface area contributed by atoms with Crippen LogP contribution in [-0.2, 0) is 0 Å². The fraction of sp³-hybridized carbons (Fsp3) is 0.188. The van der Waals surface area contributed by atoms with E-state index in [-0.39, 0.29) is 0 Å². The molecule has 0 saturated heterocycles. The van der Waals surface area contributed by atoms with E-state index in [4.69, 9.17) is 0 Å². The first-order chi connectivity index (χ1) is 8.27. The Balaban J connectivity index is 2.55. The first-order valence-corrected chi connectivity index (χ1v) is 6.04. The van der Waals surface area contributed by atoms with Crippen LogP contribution in [0.4, 0.5) is 0 Å². The summed E-state index contributed by atoms with van der Waals surface area (Å²) in [5, 5.41) is 3.80. The minimum atomic E-state index is 0.520. The van der Waals surface area contributed by atoms with Crippen molar-refractivity contribution < 1.29 is 0 Å². The van der Waals surface area contributed by atoms with Crippen LogP contribution in [0.5, 0.6) is 0 Å². The largest absolute Gasteiger partial charge is 0.256 e. The first-order valence-electron chi connectivity index (χ1n) is 6.04. The summed E-state index contributed by atoms with van der Waals surface area (Å²) in [6.45, 7) is 4.47. The van der Waals surface area contributed by atoms with Crippen LogP contribution in [0.15, 0.2) is 48.7 Å². The molecular formula is C16H15N. The molecule has 17 heavy (non-hydrogen) atoms. The van der Waals surface area contributed by atoms with Crippen molar-refractivity contribution in [2.45, 2.75) is 19.8 Å².